The van der Waals surface area contributed by atoms with Crippen molar-refractivity contribution in [2.75, 3.05) is 32.7 Å². The van der Waals surface area contributed by atoms with Crippen molar-refractivity contribution in [2.24, 2.45) is 0 Å². The topological polar surface area (TPSA) is 6.48 Å². The minimum absolute atomic E-state index is 1.02. The predicted octanol–water partition coefficient (Wildman–Crippen LogP) is -0.293. The molecule has 0 bridgehead atoms. The Morgan fingerprint density at radius 3 is 2.22 bits per heavy atom. The second-order valence-corrected chi connectivity index (χ2v) is 2.47. The Labute approximate surface area is 58.3 Å². The van der Waals surface area contributed by atoms with Gasteiger partial charge in [0.05, 0.1) is 0 Å². The van der Waals surface area contributed by atoms with E-state index in [2.05, 4.69) is 11.8 Å². The lowest BCUT2D eigenvalue weighted by Crippen LogP contribution is -2.44. The maximum absolute atomic E-state index is 5.56. The molecule has 0 aromatic heterocycles. The van der Waals surface area contributed by atoms with Crippen molar-refractivity contribution >= 4 is 7.98 Å². The standard InChI is InChI=1S/C6H13BN2/c1-2-8-3-5-9(7)6-4-8/h2-6H2,1H3. The van der Waals surface area contributed by atoms with E-state index >= 15 is 0 Å². The first-order valence-electron chi connectivity index (χ1n) is 3.55. The van der Waals surface area contributed by atoms with Gasteiger partial charge in [-0.25, -0.2) is 0 Å². The molecule has 1 fully saturated rings. The van der Waals surface area contributed by atoms with Crippen LogP contribution in [0.4, 0.5) is 0 Å². The van der Waals surface area contributed by atoms with E-state index < -0.39 is 0 Å². The van der Waals surface area contributed by atoms with Crippen LogP contribution >= 0.6 is 0 Å². The summed E-state index contributed by atoms with van der Waals surface area (Å²) >= 11 is 0. The molecule has 0 spiro atoms. The summed E-state index contributed by atoms with van der Waals surface area (Å²) < 4.78 is 0. The molecule has 0 atom stereocenters. The van der Waals surface area contributed by atoms with Gasteiger partial charge in [-0.05, 0) is 19.6 Å². The fourth-order valence-corrected chi connectivity index (χ4v) is 1.08. The van der Waals surface area contributed by atoms with Crippen molar-refractivity contribution in [3.63, 3.8) is 0 Å². The highest BCUT2D eigenvalue weighted by atomic mass is 15.2. The lowest BCUT2D eigenvalue weighted by molar-refractivity contribution is 0.200. The van der Waals surface area contributed by atoms with Crippen molar-refractivity contribution in [2.45, 2.75) is 6.92 Å². The van der Waals surface area contributed by atoms with Crippen LogP contribution in [0.2, 0.25) is 0 Å². The van der Waals surface area contributed by atoms with Gasteiger partial charge >= 0.3 is 0 Å². The molecule has 1 heterocycles. The van der Waals surface area contributed by atoms with Crippen LogP contribution in [-0.4, -0.2) is 50.4 Å². The van der Waals surface area contributed by atoms with E-state index in [1.165, 1.54) is 0 Å². The minimum atomic E-state index is 1.02. The summed E-state index contributed by atoms with van der Waals surface area (Å²) in [6.07, 6.45) is 0. The minimum Gasteiger partial charge on any atom is -0.351 e. The van der Waals surface area contributed by atoms with Crippen LogP contribution in [0.3, 0.4) is 0 Å². The molecule has 50 valence electrons. The van der Waals surface area contributed by atoms with E-state index in [4.69, 9.17) is 7.98 Å². The smallest absolute Gasteiger partial charge is 0.182 e. The van der Waals surface area contributed by atoms with E-state index in [1.807, 2.05) is 4.81 Å². The third kappa shape index (κ3) is 1.99. The third-order valence-corrected chi connectivity index (χ3v) is 1.85. The van der Waals surface area contributed by atoms with Gasteiger partial charge in [0.25, 0.3) is 0 Å². The number of piperazine rings is 1. The Balaban J connectivity index is 2.18. The molecule has 0 aromatic carbocycles. The van der Waals surface area contributed by atoms with Gasteiger partial charge in [-0.2, -0.15) is 0 Å². The second-order valence-electron chi connectivity index (χ2n) is 2.47. The Bertz CT molecular complexity index is 79.1. The maximum atomic E-state index is 5.56. The Hall–Kier alpha value is -0.0151. The Morgan fingerprint density at radius 2 is 1.78 bits per heavy atom. The first-order valence-corrected chi connectivity index (χ1v) is 3.55. The summed E-state index contributed by atoms with van der Waals surface area (Å²) in [5.74, 6) is 0. The summed E-state index contributed by atoms with van der Waals surface area (Å²) in [6.45, 7) is 7.65. The van der Waals surface area contributed by atoms with E-state index in [1.54, 1.807) is 0 Å². The van der Waals surface area contributed by atoms with Crippen molar-refractivity contribution < 1.29 is 0 Å². The zero-order chi connectivity index (χ0) is 6.69. The average molecular weight is 124 g/mol. The lowest BCUT2D eigenvalue weighted by Gasteiger charge is -2.31. The summed E-state index contributed by atoms with van der Waals surface area (Å²) in [5, 5.41) is 0. The van der Waals surface area contributed by atoms with Crippen molar-refractivity contribution in [1.29, 1.82) is 0 Å². The fraction of sp³-hybridized carbons (Fsp3) is 1.00. The molecule has 0 N–H and O–H groups in total. The highest BCUT2D eigenvalue weighted by molar-refractivity contribution is 6.04. The van der Waals surface area contributed by atoms with Crippen LogP contribution < -0.4 is 0 Å². The number of likely N-dealkylation sites (N-methyl/N-ethyl adjacent to an activating group) is 1. The molecule has 1 aliphatic heterocycles. The molecular weight excluding hydrogens is 111 g/mol. The van der Waals surface area contributed by atoms with Gasteiger partial charge in [-0.1, -0.05) is 6.92 Å². The predicted molar refractivity (Wildman–Crippen MR) is 39.4 cm³/mol. The molecule has 1 rings (SSSR count). The average Bonchev–Trinajstić information content (AvgIpc) is 1.90. The molecule has 0 unspecified atom stereocenters. The van der Waals surface area contributed by atoms with Gasteiger partial charge in [-0.3, -0.25) is 0 Å². The normalized spacial score (nSPS) is 24.6. The number of hydrogen-bond donors (Lipinski definition) is 0. The first kappa shape index (κ1) is 7.10. The van der Waals surface area contributed by atoms with Crippen LogP contribution in [-0.2, 0) is 0 Å². The molecule has 0 aliphatic carbocycles. The first-order chi connectivity index (χ1) is 4.33. The van der Waals surface area contributed by atoms with Gasteiger partial charge < -0.3 is 9.71 Å². The molecule has 1 saturated heterocycles. The van der Waals surface area contributed by atoms with E-state index in [0.717, 1.165) is 32.7 Å². The quantitative estimate of drug-likeness (QED) is 0.443. The second kappa shape index (κ2) is 3.23. The molecule has 0 aromatic rings. The fourth-order valence-electron chi connectivity index (χ4n) is 1.08. The molecular formula is C6H13BN2. The molecule has 9 heavy (non-hydrogen) atoms. The van der Waals surface area contributed by atoms with Gasteiger partial charge in [0, 0.05) is 13.1 Å². The monoisotopic (exact) mass is 124 g/mol. The molecule has 1 aliphatic rings. The largest absolute Gasteiger partial charge is 0.351 e. The molecule has 3 heteroatoms. The summed E-state index contributed by atoms with van der Waals surface area (Å²) in [7, 11) is 5.56. The summed E-state index contributed by atoms with van der Waals surface area (Å²) in [4.78, 5) is 4.29. The number of hydrogen-bond acceptors (Lipinski definition) is 2. The zero-order valence-electron chi connectivity index (χ0n) is 6.01. The number of rotatable bonds is 1. The highest BCUT2D eigenvalue weighted by Crippen LogP contribution is 1.96. The van der Waals surface area contributed by atoms with Crippen LogP contribution in [0.1, 0.15) is 6.92 Å². The SMILES string of the molecule is [B]N1CCN(CC)CC1. The van der Waals surface area contributed by atoms with Gasteiger partial charge in [0.2, 0.25) is 0 Å². The highest BCUT2D eigenvalue weighted by Gasteiger charge is 2.10. The van der Waals surface area contributed by atoms with Gasteiger partial charge in [0.1, 0.15) is 0 Å². The molecule has 0 amide bonds. The molecule has 0 saturated carbocycles. The van der Waals surface area contributed by atoms with Crippen molar-refractivity contribution in [1.82, 2.24) is 9.71 Å². The van der Waals surface area contributed by atoms with E-state index in [9.17, 15) is 0 Å². The van der Waals surface area contributed by atoms with Crippen LogP contribution in [0.5, 0.6) is 0 Å². The summed E-state index contributed by atoms with van der Waals surface area (Å²) in [6, 6.07) is 0. The van der Waals surface area contributed by atoms with Crippen LogP contribution in [0.25, 0.3) is 0 Å². The lowest BCUT2D eigenvalue weighted by atomic mass is 10.2. The number of nitrogens with zero attached hydrogens (tertiary/aromatic N) is 2. The van der Waals surface area contributed by atoms with Crippen molar-refractivity contribution in [3.8, 4) is 0 Å². The maximum Gasteiger partial charge on any atom is 0.182 e. The van der Waals surface area contributed by atoms with Gasteiger partial charge in [0.15, 0.2) is 7.98 Å². The van der Waals surface area contributed by atoms with Crippen LogP contribution in [0.15, 0.2) is 0 Å². The molecule has 2 nitrogen and oxygen atoms in total. The van der Waals surface area contributed by atoms with Crippen molar-refractivity contribution in [3.05, 3.63) is 0 Å². The third-order valence-electron chi connectivity index (χ3n) is 1.85. The molecule has 2 radical (unpaired) electrons. The Kier molecular flexibility index (Phi) is 2.55. The van der Waals surface area contributed by atoms with E-state index in [0.29, 0.717) is 0 Å². The zero-order valence-corrected chi connectivity index (χ0v) is 6.01. The summed E-state index contributed by atoms with van der Waals surface area (Å²) in [5.41, 5.74) is 0. The Morgan fingerprint density at radius 1 is 1.22 bits per heavy atom. The van der Waals surface area contributed by atoms with E-state index in [-0.39, 0.29) is 0 Å². The van der Waals surface area contributed by atoms with Gasteiger partial charge in [-0.15, -0.1) is 0 Å². The van der Waals surface area contributed by atoms with Crippen LogP contribution in [0, 0.1) is 0 Å².